The standard InChI is InChI=1S/C18H21N3OS/c1-4-19-13-6-8-15-17(10-13)23-18-11-14(20-5-2)7-9-16(18)21(15)12(3)22/h6-11,19-20H,4-5H2,1-3H3. The van der Waals surface area contributed by atoms with Crippen LogP contribution in [0.1, 0.15) is 20.8 Å². The Kier molecular flexibility index (Phi) is 4.48. The molecule has 1 aliphatic rings. The summed E-state index contributed by atoms with van der Waals surface area (Å²) in [5, 5.41) is 6.66. The molecule has 0 radical (unpaired) electrons. The quantitative estimate of drug-likeness (QED) is 0.854. The van der Waals surface area contributed by atoms with E-state index in [1.807, 2.05) is 24.3 Å². The van der Waals surface area contributed by atoms with Gasteiger partial charge in [0.2, 0.25) is 5.91 Å². The molecule has 2 N–H and O–H groups in total. The number of hydrogen-bond acceptors (Lipinski definition) is 4. The van der Waals surface area contributed by atoms with Crippen LogP contribution in [0.15, 0.2) is 46.2 Å². The highest BCUT2D eigenvalue weighted by Crippen LogP contribution is 2.49. The molecule has 0 saturated carbocycles. The first-order valence-electron chi connectivity index (χ1n) is 7.88. The van der Waals surface area contributed by atoms with Crippen molar-refractivity contribution in [1.29, 1.82) is 0 Å². The molecule has 0 atom stereocenters. The summed E-state index contributed by atoms with van der Waals surface area (Å²) in [7, 11) is 0. The molecule has 2 aromatic rings. The first-order valence-corrected chi connectivity index (χ1v) is 8.70. The van der Waals surface area contributed by atoms with Crippen molar-refractivity contribution in [3.05, 3.63) is 36.4 Å². The van der Waals surface area contributed by atoms with Gasteiger partial charge in [0.1, 0.15) is 0 Å². The van der Waals surface area contributed by atoms with Crippen molar-refractivity contribution in [3.8, 4) is 0 Å². The summed E-state index contributed by atoms with van der Waals surface area (Å²) in [6, 6.07) is 12.3. The van der Waals surface area contributed by atoms with Crippen LogP contribution in [-0.4, -0.2) is 19.0 Å². The van der Waals surface area contributed by atoms with Crippen LogP contribution in [0.2, 0.25) is 0 Å². The lowest BCUT2D eigenvalue weighted by atomic mass is 10.2. The molecule has 0 unspecified atom stereocenters. The van der Waals surface area contributed by atoms with Gasteiger partial charge >= 0.3 is 0 Å². The van der Waals surface area contributed by atoms with Gasteiger partial charge in [-0.2, -0.15) is 0 Å². The zero-order valence-corrected chi connectivity index (χ0v) is 14.5. The van der Waals surface area contributed by atoms with Crippen LogP contribution in [-0.2, 0) is 4.79 Å². The molecule has 1 heterocycles. The molecular weight excluding hydrogens is 306 g/mol. The summed E-state index contributed by atoms with van der Waals surface area (Å²) >= 11 is 1.71. The molecule has 1 amide bonds. The van der Waals surface area contributed by atoms with E-state index in [0.717, 1.165) is 45.6 Å². The lowest BCUT2D eigenvalue weighted by Gasteiger charge is -2.31. The summed E-state index contributed by atoms with van der Waals surface area (Å²) in [6.45, 7) is 7.51. The molecule has 120 valence electrons. The van der Waals surface area contributed by atoms with Crippen LogP contribution in [0.25, 0.3) is 0 Å². The Labute approximate surface area is 141 Å². The second-order valence-corrected chi connectivity index (χ2v) is 6.47. The fourth-order valence-electron chi connectivity index (χ4n) is 2.78. The van der Waals surface area contributed by atoms with Gasteiger partial charge < -0.3 is 10.6 Å². The van der Waals surface area contributed by atoms with Crippen LogP contribution >= 0.6 is 11.8 Å². The molecule has 0 saturated heterocycles. The molecule has 4 nitrogen and oxygen atoms in total. The zero-order chi connectivity index (χ0) is 16.4. The molecular formula is C18H21N3OS. The van der Waals surface area contributed by atoms with Gasteiger partial charge in [-0.15, -0.1) is 0 Å². The Morgan fingerprint density at radius 2 is 1.43 bits per heavy atom. The lowest BCUT2D eigenvalue weighted by molar-refractivity contribution is -0.115. The average Bonchev–Trinajstić information content (AvgIpc) is 2.52. The fraction of sp³-hybridized carbons (Fsp3) is 0.278. The monoisotopic (exact) mass is 327 g/mol. The molecule has 5 heteroatoms. The first kappa shape index (κ1) is 15.7. The fourth-order valence-corrected chi connectivity index (χ4v) is 3.91. The summed E-state index contributed by atoms with van der Waals surface area (Å²) in [4.78, 5) is 16.2. The molecule has 0 spiro atoms. The van der Waals surface area contributed by atoms with Crippen LogP contribution in [0.3, 0.4) is 0 Å². The van der Waals surface area contributed by atoms with Crippen molar-refractivity contribution in [3.63, 3.8) is 0 Å². The Morgan fingerprint density at radius 1 is 0.957 bits per heavy atom. The average molecular weight is 327 g/mol. The summed E-state index contributed by atoms with van der Waals surface area (Å²) in [5.74, 6) is 0.0280. The van der Waals surface area contributed by atoms with Gasteiger partial charge in [-0.3, -0.25) is 9.69 Å². The molecule has 2 aromatic carbocycles. The van der Waals surface area contributed by atoms with Crippen molar-refractivity contribution in [2.75, 3.05) is 28.6 Å². The Hall–Kier alpha value is -2.14. The van der Waals surface area contributed by atoms with E-state index in [2.05, 4.69) is 36.6 Å². The Morgan fingerprint density at radius 3 is 1.83 bits per heavy atom. The molecule has 0 bridgehead atoms. The second-order valence-electron chi connectivity index (χ2n) is 5.38. The first-order chi connectivity index (χ1) is 11.1. The number of fused-ring (bicyclic) bond motifs is 2. The van der Waals surface area contributed by atoms with Gasteiger partial charge in [0.25, 0.3) is 0 Å². The second kappa shape index (κ2) is 6.54. The van der Waals surface area contributed by atoms with Crippen molar-refractivity contribution >= 4 is 40.4 Å². The van der Waals surface area contributed by atoms with E-state index in [4.69, 9.17) is 0 Å². The van der Waals surface area contributed by atoms with Gasteiger partial charge in [0, 0.05) is 41.2 Å². The van der Waals surface area contributed by atoms with Crippen molar-refractivity contribution < 1.29 is 4.79 Å². The van der Waals surface area contributed by atoms with Crippen LogP contribution in [0.4, 0.5) is 22.7 Å². The van der Waals surface area contributed by atoms with Crippen molar-refractivity contribution in [2.45, 2.75) is 30.6 Å². The summed E-state index contributed by atoms with van der Waals surface area (Å²) in [5.41, 5.74) is 4.06. The van der Waals surface area contributed by atoms with E-state index in [9.17, 15) is 4.79 Å². The van der Waals surface area contributed by atoms with E-state index >= 15 is 0 Å². The van der Waals surface area contributed by atoms with E-state index in [1.54, 1.807) is 23.6 Å². The van der Waals surface area contributed by atoms with E-state index in [1.165, 1.54) is 0 Å². The van der Waals surface area contributed by atoms with E-state index < -0.39 is 0 Å². The SMILES string of the molecule is CCNc1ccc2c(c1)Sc1cc(NCC)ccc1N2C(C)=O. The highest BCUT2D eigenvalue weighted by molar-refractivity contribution is 7.99. The van der Waals surface area contributed by atoms with Crippen LogP contribution in [0.5, 0.6) is 0 Å². The van der Waals surface area contributed by atoms with Gasteiger partial charge in [-0.05, 0) is 50.2 Å². The van der Waals surface area contributed by atoms with Gasteiger partial charge in [-0.1, -0.05) is 11.8 Å². The van der Waals surface area contributed by atoms with Gasteiger partial charge in [0.15, 0.2) is 0 Å². The zero-order valence-electron chi connectivity index (χ0n) is 13.6. The highest BCUT2D eigenvalue weighted by Gasteiger charge is 2.26. The number of rotatable bonds is 4. The maximum absolute atomic E-state index is 12.2. The minimum atomic E-state index is 0.0280. The number of carbonyl (C=O) groups excluding carboxylic acids is 1. The molecule has 1 aliphatic heterocycles. The number of anilines is 4. The smallest absolute Gasteiger partial charge is 0.228 e. The predicted octanol–water partition coefficient (Wildman–Crippen LogP) is 4.70. The van der Waals surface area contributed by atoms with Gasteiger partial charge in [0.05, 0.1) is 11.4 Å². The summed E-state index contributed by atoms with van der Waals surface area (Å²) < 4.78 is 0. The highest BCUT2D eigenvalue weighted by atomic mass is 32.2. The molecule has 23 heavy (non-hydrogen) atoms. The number of nitrogens with one attached hydrogen (secondary N) is 2. The maximum Gasteiger partial charge on any atom is 0.228 e. The largest absolute Gasteiger partial charge is 0.385 e. The third-order valence-corrected chi connectivity index (χ3v) is 4.79. The Bertz CT molecular complexity index is 690. The third kappa shape index (κ3) is 3.01. The third-order valence-electron chi connectivity index (χ3n) is 3.70. The molecule has 0 aliphatic carbocycles. The normalized spacial score (nSPS) is 12.4. The molecule has 3 rings (SSSR count). The van der Waals surface area contributed by atoms with Gasteiger partial charge in [-0.25, -0.2) is 0 Å². The topological polar surface area (TPSA) is 44.4 Å². The number of hydrogen-bond donors (Lipinski definition) is 2. The van der Waals surface area contributed by atoms with E-state index in [0.29, 0.717) is 0 Å². The van der Waals surface area contributed by atoms with Crippen LogP contribution < -0.4 is 15.5 Å². The number of amides is 1. The minimum absolute atomic E-state index is 0.0280. The maximum atomic E-state index is 12.2. The Balaban J connectivity index is 2.07. The predicted molar refractivity (Wildman–Crippen MR) is 98.2 cm³/mol. The molecule has 0 aromatic heterocycles. The lowest BCUT2D eigenvalue weighted by Crippen LogP contribution is -2.25. The van der Waals surface area contributed by atoms with E-state index in [-0.39, 0.29) is 5.91 Å². The van der Waals surface area contributed by atoms with Crippen molar-refractivity contribution in [2.24, 2.45) is 0 Å². The minimum Gasteiger partial charge on any atom is -0.385 e. The van der Waals surface area contributed by atoms with Crippen LogP contribution in [0, 0.1) is 0 Å². The number of carbonyl (C=O) groups is 1. The van der Waals surface area contributed by atoms with Crippen molar-refractivity contribution in [1.82, 2.24) is 0 Å². The molecule has 0 fully saturated rings. The number of nitrogens with zero attached hydrogens (tertiary/aromatic N) is 1. The number of benzene rings is 2. The summed E-state index contributed by atoms with van der Waals surface area (Å²) in [6.07, 6.45) is 0.